The van der Waals surface area contributed by atoms with Crippen molar-refractivity contribution >= 4 is 37.1 Å². The van der Waals surface area contributed by atoms with E-state index in [9.17, 15) is 8.78 Å². The Hall–Kier alpha value is -2.25. The van der Waals surface area contributed by atoms with Crippen LogP contribution in [0.4, 0.5) is 20.2 Å². The number of halogens is 2. The minimum Gasteiger partial charge on any atom is -0.330 e. The maximum Gasteiger partial charge on any atom is 0.157 e. The van der Waals surface area contributed by atoms with Gasteiger partial charge in [0, 0.05) is 11.8 Å². The molecule has 4 nitrogen and oxygen atoms in total. The van der Waals surface area contributed by atoms with Gasteiger partial charge in [-0.15, -0.1) is 0 Å². The number of nitrogens with two attached hydrogens (primary N) is 1. The third-order valence-corrected chi connectivity index (χ3v) is 5.58. The summed E-state index contributed by atoms with van der Waals surface area (Å²) in [6, 6.07) is 7.20. The van der Waals surface area contributed by atoms with Gasteiger partial charge in [0.15, 0.2) is 5.82 Å². The second-order valence-electron chi connectivity index (χ2n) is 7.23. The first kappa shape index (κ1) is 24.0. The Morgan fingerprint density at radius 3 is 2.50 bits per heavy atom. The second-order valence-corrected chi connectivity index (χ2v) is 7.46. The third kappa shape index (κ3) is 6.37. The van der Waals surface area contributed by atoms with Crippen LogP contribution < -0.4 is 10.5 Å². The molecule has 3 N–H and O–H groups in total. The van der Waals surface area contributed by atoms with Crippen molar-refractivity contribution in [3.63, 3.8) is 0 Å². The first-order valence-corrected chi connectivity index (χ1v) is 10.7. The zero-order chi connectivity index (χ0) is 21.9. The summed E-state index contributed by atoms with van der Waals surface area (Å²) < 4.78 is 30.8. The summed E-state index contributed by atoms with van der Waals surface area (Å²) in [4.78, 5) is 7.76. The fourth-order valence-electron chi connectivity index (χ4n) is 3.61. The number of rotatable bonds is 6. The van der Waals surface area contributed by atoms with E-state index in [2.05, 4.69) is 41.2 Å². The lowest BCUT2D eigenvalue weighted by Gasteiger charge is -2.18. The molecular weight excluding hydrogens is 402 g/mol. The molecule has 0 heterocycles. The monoisotopic (exact) mass is 432 g/mol. The molecule has 2 aromatic rings. The molecule has 162 valence electrons. The molecule has 0 saturated heterocycles. The first-order valence-electron chi connectivity index (χ1n) is 10.2. The van der Waals surface area contributed by atoms with Gasteiger partial charge in [0.25, 0.3) is 0 Å². The Bertz CT molecular complexity index is 865. The average Bonchev–Trinajstić information content (AvgIpc) is 2.79. The van der Waals surface area contributed by atoms with E-state index in [0.717, 1.165) is 5.92 Å². The highest BCUT2D eigenvalue weighted by Gasteiger charge is 2.16. The van der Waals surface area contributed by atoms with Crippen LogP contribution in [0.1, 0.15) is 51.0 Å². The quantitative estimate of drug-likeness (QED) is 0.359. The molecule has 1 saturated carbocycles. The lowest BCUT2D eigenvalue weighted by molar-refractivity contribution is 0.349. The highest BCUT2D eigenvalue weighted by Crippen LogP contribution is 2.33. The van der Waals surface area contributed by atoms with Crippen molar-refractivity contribution in [3.8, 4) is 11.1 Å². The van der Waals surface area contributed by atoms with Gasteiger partial charge in [-0.3, -0.25) is 9.98 Å². The number of aliphatic imine (C=N–C) groups is 2. The van der Waals surface area contributed by atoms with Gasteiger partial charge in [0.2, 0.25) is 0 Å². The van der Waals surface area contributed by atoms with Crippen molar-refractivity contribution in [2.75, 3.05) is 11.4 Å². The van der Waals surface area contributed by atoms with Crippen LogP contribution in [-0.2, 0) is 0 Å². The number of nitrogens with zero attached hydrogens (tertiary/aromatic N) is 2. The number of benzene rings is 2. The smallest absolute Gasteiger partial charge is 0.157 e. The Labute approximate surface area is 183 Å². The molecule has 0 bridgehead atoms. The van der Waals surface area contributed by atoms with Crippen LogP contribution in [-0.4, -0.2) is 19.6 Å². The topological polar surface area (TPSA) is 62.8 Å². The summed E-state index contributed by atoms with van der Waals surface area (Å²) in [5.74, 6) is -0.314. The molecule has 0 amide bonds. The second kappa shape index (κ2) is 12.4. The third-order valence-electron chi connectivity index (χ3n) is 5.34. The Morgan fingerprint density at radius 1 is 1.20 bits per heavy atom. The van der Waals surface area contributed by atoms with Crippen LogP contribution >= 0.6 is 12.8 Å². The van der Waals surface area contributed by atoms with Crippen LogP contribution in [0.25, 0.3) is 11.1 Å². The highest BCUT2D eigenvalue weighted by atomic mass is 32.1. The molecule has 7 heteroatoms. The van der Waals surface area contributed by atoms with Crippen molar-refractivity contribution in [1.29, 1.82) is 0 Å². The average molecular weight is 433 g/mol. The Kier molecular flexibility index (Phi) is 9.97. The van der Waals surface area contributed by atoms with Crippen LogP contribution in [0.2, 0.25) is 0 Å². The van der Waals surface area contributed by atoms with Crippen LogP contribution in [0.5, 0.6) is 0 Å². The van der Waals surface area contributed by atoms with E-state index in [4.69, 9.17) is 5.73 Å². The summed E-state index contributed by atoms with van der Waals surface area (Å²) >= 11 is 3.80. The lowest BCUT2D eigenvalue weighted by Crippen LogP contribution is -2.03. The van der Waals surface area contributed by atoms with E-state index >= 15 is 0 Å². The van der Waals surface area contributed by atoms with E-state index < -0.39 is 11.6 Å². The van der Waals surface area contributed by atoms with Crippen LogP contribution in [0.15, 0.2) is 40.3 Å². The predicted octanol–water partition coefficient (Wildman–Crippen LogP) is 6.53. The molecular formula is C23H30F2N4S. The zero-order valence-electron chi connectivity index (χ0n) is 17.4. The van der Waals surface area contributed by atoms with Gasteiger partial charge in [-0.05, 0) is 42.5 Å². The molecule has 0 atom stereocenters. The van der Waals surface area contributed by atoms with Gasteiger partial charge in [0.1, 0.15) is 5.82 Å². The van der Waals surface area contributed by atoms with E-state index in [0.29, 0.717) is 16.8 Å². The zero-order valence-corrected chi connectivity index (χ0v) is 18.3. The molecule has 30 heavy (non-hydrogen) atoms. The van der Waals surface area contributed by atoms with E-state index in [-0.39, 0.29) is 17.9 Å². The van der Waals surface area contributed by atoms with Crippen molar-refractivity contribution in [1.82, 2.24) is 0 Å². The molecule has 1 aliphatic rings. The maximum absolute atomic E-state index is 14.3. The van der Waals surface area contributed by atoms with Gasteiger partial charge in [-0.1, -0.05) is 64.3 Å². The van der Waals surface area contributed by atoms with E-state index in [1.165, 1.54) is 56.9 Å². The summed E-state index contributed by atoms with van der Waals surface area (Å²) in [5.41, 5.74) is 6.72. The predicted molar refractivity (Wildman–Crippen MR) is 127 cm³/mol. The van der Waals surface area contributed by atoms with Gasteiger partial charge in [-0.25, -0.2) is 8.78 Å². The molecule has 1 aliphatic carbocycles. The molecule has 0 aromatic heterocycles. The summed E-state index contributed by atoms with van der Waals surface area (Å²) in [6.45, 7) is 5.87. The van der Waals surface area contributed by atoms with Crippen molar-refractivity contribution < 1.29 is 8.78 Å². The fourth-order valence-corrected chi connectivity index (χ4v) is 3.78. The van der Waals surface area contributed by atoms with Gasteiger partial charge in [0.05, 0.1) is 23.6 Å². The fraction of sp³-hybridized carbons (Fsp3) is 0.391. The van der Waals surface area contributed by atoms with E-state index in [1.54, 1.807) is 18.2 Å². The minimum atomic E-state index is -0.726. The molecule has 0 unspecified atom stereocenters. The molecule has 2 aromatic carbocycles. The minimum absolute atomic E-state index is 0.0860. The van der Waals surface area contributed by atoms with Crippen LogP contribution in [0, 0.1) is 17.6 Å². The SMILES string of the molecule is C=Nc1ccc(-c2c(F)ccc(NS)c2F)cc1/C=N\CN.CCC1CCCCC1. The Morgan fingerprint density at radius 2 is 1.93 bits per heavy atom. The molecule has 0 spiro atoms. The standard InChI is InChI=1S/C15H14F2N4S.C8H16/c1-19-12-4-2-9(6-10(12)7-20-8-18)14-11(16)3-5-13(21-22)15(14)17;1-2-8-6-4-3-5-7-8/h2-7,21-22H,1,8,18H2;8H,2-7H2,1H3/b20-7-;. The summed E-state index contributed by atoms with van der Waals surface area (Å²) in [6.07, 6.45) is 10.4. The number of nitrogens with one attached hydrogen (secondary N) is 1. The molecule has 0 radical (unpaired) electrons. The van der Waals surface area contributed by atoms with Crippen molar-refractivity contribution in [3.05, 3.63) is 47.5 Å². The van der Waals surface area contributed by atoms with Gasteiger partial charge in [-0.2, -0.15) is 0 Å². The summed E-state index contributed by atoms with van der Waals surface area (Å²) in [7, 11) is 0. The normalized spacial score (nSPS) is 14.3. The van der Waals surface area contributed by atoms with Crippen molar-refractivity contribution in [2.24, 2.45) is 21.6 Å². The lowest BCUT2D eigenvalue weighted by atomic mass is 9.88. The highest BCUT2D eigenvalue weighted by molar-refractivity contribution is 7.81. The number of thiol groups is 1. The first-order chi connectivity index (χ1) is 14.5. The van der Waals surface area contributed by atoms with E-state index in [1.807, 2.05) is 0 Å². The van der Waals surface area contributed by atoms with Crippen molar-refractivity contribution in [2.45, 2.75) is 45.4 Å². The molecule has 1 fully saturated rings. The maximum atomic E-state index is 14.3. The summed E-state index contributed by atoms with van der Waals surface area (Å²) in [5, 5.41) is 0. The number of anilines is 1. The number of hydrogen-bond acceptors (Lipinski definition) is 5. The Balaban J connectivity index is 0.000000335. The largest absolute Gasteiger partial charge is 0.330 e. The van der Waals surface area contributed by atoms with Gasteiger partial charge < -0.3 is 10.5 Å². The molecule has 0 aliphatic heterocycles. The van der Waals surface area contributed by atoms with Gasteiger partial charge >= 0.3 is 0 Å². The molecule has 3 rings (SSSR count). The van der Waals surface area contributed by atoms with Crippen LogP contribution in [0.3, 0.4) is 0 Å². The number of hydrogen-bond donors (Lipinski definition) is 3.